The molecule has 0 aliphatic heterocycles. The van der Waals surface area contributed by atoms with E-state index in [1.54, 1.807) is 0 Å². The van der Waals surface area contributed by atoms with Gasteiger partial charge in [-0.1, -0.05) is 34.8 Å². The van der Waals surface area contributed by atoms with Crippen molar-refractivity contribution in [1.82, 2.24) is 4.98 Å². The molecule has 0 atom stereocenters. The van der Waals surface area contributed by atoms with E-state index in [4.69, 9.17) is 40.5 Å². The maximum Gasteiger partial charge on any atom is 0.250 e. The summed E-state index contributed by atoms with van der Waals surface area (Å²) in [5.41, 5.74) is 5.05. The summed E-state index contributed by atoms with van der Waals surface area (Å²) in [5.74, 6) is -0.689. The summed E-state index contributed by atoms with van der Waals surface area (Å²) in [6.45, 7) is 0. The van der Waals surface area contributed by atoms with Crippen LogP contribution in [0, 0.1) is 0 Å². The molecule has 0 spiro atoms. The van der Waals surface area contributed by atoms with Crippen LogP contribution in [0.2, 0.25) is 15.3 Å². The zero-order valence-corrected chi connectivity index (χ0v) is 7.91. The lowest BCUT2D eigenvalue weighted by molar-refractivity contribution is 0.100. The van der Waals surface area contributed by atoms with Gasteiger partial charge in [0.1, 0.15) is 10.3 Å². The Morgan fingerprint density at radius 2 is 2.00 bits per heavy atom. The fraction of sp³-hybridized carbons (Fsp3) is 0. The van der Waals surface area contributed by atoms with Gasteiger partial charge in [-0.2, -0.15) is 0 Å². The minimum atomic E-state index is -0.689. The Morgan fingerprint density at radius 1 is 1.42 bits per heavy atom. The van der Waals surface area contributed by atoms with Gasteiger partial charge in [-0.25, -0.2) is 4.98 Å². The lowest BCUT2D eigenvalue weighted by atomic mass is 10.2. The molecule has 1 aromatic rings. The quantitative estimate of drug-likeness (QED) is 0.745. The number of pyridine rings is 1. The number of rotatable bonds is 1. The Balaban J connectivity index is 3.37. The molecule has 0 fully saturated rings. The van der Waals surface area contributed by atoms with E-state index in [1.807, 2.05) is 0 Å². The van der Waals surface area contributed by atoms with Crippen LogP contribution in [0.5, 0.6) is 0 Å². The van der Waals surface area contributed by atoms with Crippen molar-refractivity contribution in [3.63, 3.8) is 0 Å². The highest BCUT2D eigenvalue weighted by Crippen LogP contribution is 2.25. The minimum Gasteiger partial charge on any atom is -0.366 e. The number of carbonyl (C=O) groups excluding carboxylic acids is 1. The average Bonchev–Trinajstić information content (AvgIpc) is 1.96. The van der Waals surface area contributed by atoms with Gasteiger partial charge >= 0.3 is 0 Å². The zero-order chi connectivity index (χ0) is 9.30. The topological polar surface area (TPSA) is 56.0 Å². The van der Waals surface area contributed by atoms with Gasteiger partial charge in [0, 0.05) is 0 Å². The molecule has 1 aromatic heterocycles. The molecule has 0 saturated heterocycles. The van der Waals surface area contributed by atoms with Crippen molar-refractivity contribution < 1.29 is 4.79 Å². The lowest BCUT2D eigenvalue weighted by Crippen LogP contribution is -2.12. The van der Waals surface area contributed by atoms with Crippen LogP contribution < -0.4 is 5.73 Å². The van der Waals surface area contributed by atoms with Gasteiger partial charge in [0.25, 0.3) is 0 Å². The van der Waals surface area contributed by atoms with Gasteiger partial charge in [-0.15, -0.1) is 0 Å². The van der Waals surface area contributed by atoms with Gasteiger partial charge in [0.15, 0.2) is 0 Å². The highest BCUT2D eigenvalue weighted by Gasteiger charge is 2.12. The van der Waals surface area contributed by atoms with Crippen LogP contribution in [0.4, 0.5) is 0 Å². The normalized spacial score (nSPS) is 9.92. The number of carbonyl (C=O) groups is 1. The fourth-order valence-corrected chi connectivity index (χ4v) is 1.27. The first kappa shape index (κ1) is 9.58. The third-order valence-corrected chi connectivity index (χ3v) is 2.10. The molecular formula is C6H3Cl3N2O. The summed E-state index contributed by atoms with van der Waals surface area (Å²) < 4.78 is 0. The summed E-state index contributed by atoms with van der Waals surface area (Å²) in [4.78, 5) is 14.3. The van der Waals surface area contributed by atoms with Crippen molar-refractivity contribution in [2.24, 2.45) is 5.73 Å². The molecule has 3 nitrogen and oxygen atoms in total. The number of nitrogens with zero attached hydrogens (tertiary/aromatic N) is 1. The van der Waals surface area contributed by atoms with E-state index in [-0.39, 0.29) is 20.9 Å². The number of halogens is 3. The number of hydrogen-bond acceptors (Lipinski definition) is 2. The molecule has 1 amide bonds. The molecule has 1 rings (SSSR count). The van der Waals surface area contributed by atoms with E-state index in [0.29, 0.717) is 0 Å². The zero-order valence-electron chi connectivity index (χ0n) is 5.64. The number of aromatic nitrogens is 1. The van der Waals surface area contributed by atoms with Crippen LogP contribution in [0.15, 0.2) is 6.07 Å². The minimum absolute atomic E-state index is 0.0218. The van der Waals surface area contributed by atoms with E-state index < -0.39 is 5.91 Å². The van der Waals surface area contributed by atoms with Crippen LogP contribution in [-0.4, -0.2) is 10.9 Å². The maximum absolute atomic E-state index is 10.7. The molecule has 0 aliphatic rings. The molecule has 1 heterocycles. The third-order valence-electron chi connectivity index (χ3n) is 1.15. The van der Waals surface area contributed by atoms with E-state index >= 15 is 0 Å². The molecule has 0 aromatic carbocycles. The van der Waals surface area contributed by atoms with Crippen LogP contribution in [0.3, 0.4) is 0 Å². The summed E-state index contributed by atoms with van der Waals surface area (Å²) in [6.07, 6.45) is 0. The highest BCUT2D eigenvalue weighted by molar-refractivity contribution is 6.43. The van der Waals surface area contributed by atoms with Crippen molar-refractivity contribution >= 4 is 40.7 Å². The summed E-state index contributed by atoms with van der Waals surface area (Å²) in [7, 11) is 0. The molecule has 0 bridgehead atoms. The molecular weight excluding hydrogens is 222 g/mol. The Hall–Kier alpha value is -0.510. The molecule has 64 valence electrons. The van der Waals surface area contributed by atoms with Crippen LogP contribution in [0.1, 0.15) is 10.4 Å². The van der Waals surface area contributed by atoms with Gasteiger partial charge in [-0.3, -0.25) is 4.79 Å². The molecule has 0 aliphatic carbocycles. The van der Waals surface area contributed by atoms with E-state index in [2.05, 4.69) is 4.98 Å². The summed E-state index contributed by atoms with van der Waals surface area (Å²) in [6, 6.07) is 1.26. The highest BCUT2D eigenvalue weighted by atomic mass is 35.5. The Bertz CT molecular complexity index is 340. The second-order valence-corrected chi connectivity index (χ2v) is 3.08. The van der Waals surface area contributed by atoms with Crippen LogP contribution in [-0.2, 0) is 0 Å². The van der Waals surface area contributed by atoms with Crippen LogP contribution >= 0.6 is 34.8 Å². The van der Waals surface area contributed by atoms with Crippen molar-refractivity contribution in [2.45, 2.75) is 0 Å². The SMILES string of the molecule is NC(=O)c1cc(Cl)nc(Cl)c1Cl. The van der Waals surface area contributed by atoms with E-state index in [0.717, 1.165) is 0 Å². The second kappa shape index (κ2) is 3.47. The number of primary amides is 1. The molecule has 0 radical (unpaired) electrons. The maximum atomic E-state index is 10.7. The van der Waals surface area contributed by atoms with Gasteiger partial charge in [0.2, 0.25) is 5.91 Å². The fourth-order valence-electron chi connectivity index (χ4n) is 0.648. The first-order chi connectivity index (χ1) is 5.52. The van der Waals surface area contributed by atoms with Gasteiger partial charge in [0.05, 0.1) is 10.6 Å². The first-order valence-electron chi connectivity index (χ1n) is 2.83. The monoisotopic (exact) mass is 224 g/mol. The molecule has 2 N–H and O–H groups in total. The molecule has 12 heavy (non-hydrogen) atoms. The van der Waals surface area contributed by atoms with Crippen LogP contribution in [0.25, 0.3) is 0 Å². The number of hydrogen-bond donors (Lipinski definition) is 1. The predicted octanol–water partition coefficient (Wildman–Crippen LogP) is 2.14. The van der Waals surface area contributed by atoms with Crippen molar-refractivity contribution in [3.8, 4) is 0 Å². The first-order valence-corrected chi connectivity index (χ1v) is 3.97. The second-order valence-electron chi connectivity index (χ2n) is 1.96. The Morgan fingerprint density at radius 3 is 2.50 bits per heavy atom. The summed E-state index contributed by atoms with van der Waals surface area (Å²) in [5, 5.41) is 0.0738. The molecule has 6 heteroatoms. The van der Waals surface area contributed by atoms with Gasteiger partial charge < -0.3 is 5.73 Å². The standard InChI is InChI=1S/C6H3Cl3N2O/c7-3-1-2(6(10)12)4(8)5(9)11-3/h1H,(H2,10,12). The average molecular weight is 225 g/mol. The number of amides is 1. The van der Waals surface area contributed by atoms with Crippen molar-refractivity contribution in [1.29, 1.82) is 0 Å². The Kier molecular flexibility index (Phi) is 2.77. The van der Waals surface area contributed by atoms with E-state index in [1.165, 1.54) is 6.07 Å². The lowest BCUT2D eigenvalue weighted by Gasteiger charge is -2.00. The van der Waals surface area contributed by atoms with Crippen molar-refractivity contribution in [3.05, 3.63) is 27.0 Å². The third kappa shape index (κ3) is 1.80. The smallest absolute Gasteiger partial charge is 0.250 e. The number of nitrogens with two attached hydrogens (primary N) is 1. The summed E-state index contributed by atoms with van der Waals surface area (Å²) >= 11 is 16.6. The molecule has 0 unspecified atom stereocenters. The Labute approximate surface area is 83.4 Å². The van der Waals surface area contributed by atoms with Crippen molar-refractivity contribution in [2.75, 3.05) is 0 Å². The van der Waals surface area contributed by atoms with Gasteiger partial charge in [-0.05, 0) is 6.07 Å². The largest absolute Gasteiger partial charge is 0.366 e. The predicted molar refractivity (Wildman–Crippen MR) is 47.8 cm³/mol. The van der Waals surface area contributed by atoms with E-state index in [9.17, 15) is 4.79 Å². The molecule has 0 saturated carbocycles.